The fourth-order valence-electron chi connectivity index (χ4n) is 2.92. The number of anilines is 1. The molecule has 6 heteroatoms. The molecule has 0 spiro atoms. The standard InChI is InChI=1S/C18H25F3N2O/c1-17(2,3)13-6-8-15(9-7-13)22-16(24)12-23-10-4-5-14(11-23)18(19,20)21/h6-9,14H,4-5,10-12H2,1-3H3,(H,22,24). The predicted octanol–water partition coefficient (Wildman–Crippen LogP) is 4.20. The van der Waals surface area contributed by atoms with Crippen LogP contribution in [-0.2, 0) is 10.2 Å². The quantitative estimate of drug-likeness (QED) is 0.893. The van der Waals surface area contributed by atoms with Crippen LogP contribution in [0.25, 0.3) is 0 Å². The Morgan fingerprint density at radius 1 is 1.21 bits per heavy atom. The topological polar surface area (TPSA) is 32.3 Å². The van der Waals surface area contributed by atoms with Crippen LogP contribution in [-0.4, -0.2) is 36.6 Å². The van der Waals surface area contributed by atoms with E-state index in [-0.39, 0.29) is 30.8 Å². The third-order valence-corrected chi connectivity index (χ3v) is 4.37. The second kappa shape index (κ2) is 7.13. The van der Waals surface area contributed by atoms with Gasteiger partial charge in [-0.1, -0.05) is 32.9 Å². The largest absolute Gasteiger partial charge is 0.393 e. The van der Waals surface area contributed by atoms with Gasteiger partial charge in [0.05, 0.1) is 12.5 Å². The summed E-state index contributed by atoms with van der Waals surface area (Å²) in [6.45, 7) is 6.74. The van der Waals surface area contributed by atoms with Gasteiger partial charge in [0.25, 0.3) is 0 Å². The minimum Gasteiger partial charge on any atom is -0.325 e. The molecule has 1 fully saturated rings. The molecule has 134 valence electrons. The van der Waals surface area contributed by atoms with Crippen LogP contribution in [0.2, 0.25) is 0 Å². The van der Waals surface area contributed by atoms with E-state index >= 15 is 0 Å². The van der Waals surface area contributed by atoms with Gasteiger partial charge in [0, 0.05) is 12.2 Å². The number of hydrogen-bond donors (Lipinski definition) is 1. The van der Waals surface area contributed by atoms with Crippen molar-refractivity contribution < 1.29 is 18.0 Å². The zero-order chi connectivity index (χ0) is 18.0. The molecule has 1 amide bonds. The molecule has 1 N–H and O–H groups in total. The first-order valence-electron chi connectivity index (χ1n) is 8.25. The third kappa shape index (κ3) is 5.23. The van der Waals surface area contributed by atoms with Crippen molar-refractivity contribution in [2.45, 2.75) is 45.2 Å². The average Bonchev–Trinajstić information content (AvgIpc) is 2.46. The Hall–Kier alpha value is -1.56. The average molecular weight is 342 g/mol. The number of amides is 1. The maximum Gasteiger partial charge on any atom is 0.393 e. The van der Waals surface area contributed by atoms with E-state index in [1.165, 1.54) is 0 Å². The molecule has 0 aromatic heterocycles. The van der Waals surface area contributed by atoms with E-state index in [2.05, 4.69) is 26.1 Å². The lowest BCUT2D eigenvalue weighted by Crippen LogP contribution is -2.44. The van der Waals surface area contributed by atoms with Gasteiger partial charge in [0.2, 0.25) is 5.91 Å². The first-order chi connectivity index (χ1) is 11.1. The van der Waals surface area contributed by atoms with Crippen LogP contribution in [0.1, 0.15) is 39.2 Å². The summed E-state index contributed by atoms with van der Waals surface area (Å²) in [5, 5.41) is 2.76. The van der Waals surface area contributed by atoms with Gasteiger partial charge in [-0.25, -0.2) is 0 Å². The molecule has 1 atom stereocenters. The second-order valence-electron chi connectivity index (χ2n) is 7.49. The summed E-state index contributed by atoms with van der Waals surface area (Å²) in [4.78, 5) is 13.7. The van der Waals surface area contributed by atoms with Gasteiger partial charge in [-0.05, 0) is 42.5 Å². The maximum absolute atomic E-state index is 12.8. The van der Waals surface area contributed by atoms with E-state index in [1.807, 2.05) is 24.3 Å². The van der Waals surface area contributed by atoms with Crippen LogP contribution in [0.3, 0.4) is 0 Å². The molecule has 2 rings (SSSR count). The summed E-state index contributed by atoms with van der Waals surface area (Å²) in [5.74, 6) is -1.61. The predicted molar refractivity (Wildman–Crippen MR) is 89.0 cm³/mol. The molecular weight excluding hydrogens is 317 g/mol. The SMILES string of the molecule is CC(C)(C)c1ccc(NC(=O)CN2CCCC(C(F)(F)F)C2)cc1. The number of halogens is 3. The summed E-state index contributed by atoms with van der Waals surface area (Å²) in [5.41, 5.74) is 1.85. The number of hydrogen-bond acceptors (Lipinski definition) is 2. The number of piperidine rings is 1. The Labute approximate surface area is 141 Å². The lowest BCUT2D eigenvalue weighted by atomic mass is 9.87. The lowest BCUT2D eigenvalue weighted by Gasteiger charge is -2.33. The molecule has 0 aliphatic carbocycles. The molecular formula is C18H25F3N2O. The minimum atomic E-state index is -4.18. The van der Waals surface area contributed by atoms with Crippen LogP contribution in [0.4, 0.5) is 18.9 Å². The van der Waals surface area contributed by atoms with Crippen molar-refractivity contribution in [1.82, 2.24) is 4.90 Å². The number of carbonyl (C=O) groups excluding carboxylic acids is 1. The maximum atomic E-state index is 12.8. The zero-order valence-electron chi connectivity index (χ0n) is 14.4. The van der Waals surface area contributed by atoms with Crippen LogP contribution in [0.5, 0.6) is 0 Å². The second-order valence-corrected chi connectivity index (χ2v) is 7.49. The molecule has 0 saturated carbocycles. The number of carbonyl (C=O) groups is 1. The third-order valence-electron chi connectivity index (χ3n) is 4.37. The summed E-state index contributed by atoms with van der Waals surface area (Å²) >= 11 is 0. The normalized spacial score (nSPS) is 20.0. The molecule has 1 aliphatic heterocycles. The van der Waals surface area contributed by atoms with Gasteiger partial charge in [-0.2, -0.15) is 13.2 Å². The molecule has 1 aliphatic rings. The van der Waals surface area contributed by atoms with Gasteiger partial charge in [-0.15, -0.1) is 0 Å². The smallest absolute Gasteiger partial charge is 0.325 e. The summed E-state index contributed by atoms with van der Waals surface area (Å²) < 4.78 is 38.4. The Morgan fingerprint density at radius 3 is 2.38 bits per heavy atom. The molecule has 0 bridgehead atoms. The van der Waals surface area contributed by atoms with Gasteiger partial charge >= 0.3 is 6.18 Å². The Kier molecular flexibility index (Phi) is 5.58. The van der Waals surface area contributed by atoms with Gasteiger partial charge in [0.1, 0.15) is 0 Å². The van der Waals surface area contributed by atoms with Gasteiger partial charge in [0.15, 0.2) is 0 Å². The van der Waals surface area contributed by atoms with Crippen molar-refractivity contribution in [3.8, 4) is 0 Å². The molecule has 1 aromatic rings. The van der Waals surface area contributed by atoms with E-state index in [9.17, 15) is 18.0 Å². The van der Waals surface area contributed by atoms with Crippen molar-refractivity contribution in [3.05, 3.63) is 29.8 Å². The highest BCUT2D eigenvalue weighted by Gasteiger charge is 2.41. The minimum absolute atomic E-state index is 0.00635. The van der Waals surface area contributed by atoms with E-state index in [0.29, 0.717) is 18.7 Å². The van der Waals surface area contributed by atoms with Crippen molar-refractivity contribution in [2.24, 2.45) is 5.92 Å². The monoisotopic (exact) mass is 342 g/mol. The van der Waals surface area contributed by atoms with E-state index in [4.69, 9.17) is 0 Å². The van der Waals surface area contributed by atoms with E-state index in [1.54, 1.807) is 4.90 Å². The first kappa shape index (κ1) is 18.8. The summed E-state index contributed by atoms with van der Waals surface area (Å²) in [6.07, 6.45) is -3.56. The zero-order valence-corrected chi connectivity index (χ0v) is 14.4. The summed E-state index contributed by atoms with van der Waals surface area (Å²) in [7, 11) is 0. The number of nitrogens with one attached hydrogen (secondary N) is 1. The summed E-state index contributed by atoms with van der Waals surface area (Å²) in [6, 6.07) is 7.56. The first-order valence-corrected chi connectivity index (χ1v) is 8.25. The van der Waals surface area contributed by atoms with Crippen LogP contribution >= 0.6 is 0 Å². The number of nitrogens with zero attached hydrogens (tertiary/aromatic N) is 1. The number of rotatable bonds is 3. The molecule has 1 heterocycles. The van der Waals surface area contributed by atoms with E-state index < -0.39 is 12.1 Å². The molecule has 1 saturated heterocycles. The molecule has 1 unspecified atom stereocenters. The van der Waals surface area contributed by atoms with Crippen LogP contribution in [0, 0.1) is 5.92 Å². The highest BCUT2D eigenvalue weighted by Crippen LogP contribution is 2.33. The number of likely N-dealkylation sites (tertiary alicyclic amines) is 1. The van der Waals surface area contributed by atoms with Crippen molar-refractivity contribution in [3.63, 3.8) is 0 Å². The van der Waals surface area contributed by atoms with Crippen molar-refractivity contribution >= 4 is 11.6 Å². The Morgan fingerprint density at radius 2 is 1.83 bits per heavy atom. The van der Waals surface area contributed by atoms with Crippen molar-refractivity contribution in [1.29, 1.82) is 0 Å². The lowest BCUT2D eigenvalue weighted by molar-refractivity contribution is -0.186. The van der Waals surface area contributed by atoms with Crippen LogP contribution < -0.4 is 5.32 Å². The number of benzene rings is 1. The van der Waals surface area contributed by atoms with E-state index in [0.717, 1.165) is 5.56 Å². The number of alkyl halides is 3. The highest BCUT2D eigenvalue weighted by atomic mass is 19.4. The van der Waals surface area contributed by atoms with Gasteiger partial charge in [-0.3, -0.25) is 9.69 Å². The van der Waals surface area contributed by atoms with Crippen molar-refractivity contribution in [2.75, 3.05) is 25.0 Å². The fraction of sp³-hybridized carbons (Fsp3) is 0.611. The Balaban J connectivity index is 1.89. The molecule has 3 nitrogen and oxygen atoms in total. The molecule has 1 aromatic carbocycles. The molecule has 0 radical (unpaired) electrons. The Bertz CT molecular complexity index is 561. The van der Waals surface area contributed by atoms with Crippen LogP contribution in [0.15, 0.2) is 24.3 Å². The fourth-order valence-corrected chi connectivity index (χ4v) is 2.92. The highest BCUT2D eigenvalue weighted by molar-refractivity contribution is 5.92. The molecule has 24 heavy (non-hydrogen) atoms. The van der Waals surface area contributed by atoms with Gasteiger partial charge < -0.3 is 5.32 Å².